The van der Waals surface area contributed by atoms with E-state index in [0.717, 1.165) is 27.4 Å². The van der Waals surface area contributed by atoms with Crippen LogP contribution in [0.2, 0.25) is 5.02 Å². The summed E-state index contributed by atoms with van der Waals surface area (Å²) < 4.78 is 28.4. The maximum Gasteiger partial charge on any atom is 0.335 e. The fourth-order valence-corrected chi connectivity index (χ4v) is 5.23. The molecule has 0 unspecified atom stereocenters. The van der Waals surface area contributed by atoms with Crippen molar-refractivity contribution in [1.82, 2.24) is 4.98 Å². The lowest BCUT2D eigenvalue weighted by atomic mass is 10.1. The average Bonchev–Trinajstić information content (AvgIpc) is 2.89. The molecule has 0 saturated carbocycles. The molecule has 1 heterocycles. The number of sulfonamides is 1. The van der Waals surface area contributed by atoms with Crippen molar-refractivity contribution < 1.29 is 18.3 Å². The lowest BCUT2D eigenvalue weighted by molar-refractivity contribution is 0.0696. The molecule has 2 N–H and O–H groups in total. The highest BCUT2D eigenvalue weighted by atomic mass is 35.5. The summed E-state index contributed by atoms with van der Waals surface area (Å²) in [5, 5.41) is 9.17. The van der Waals surface area contributed by atoms with Crippen molar-refractivity contribution in [3.05, 3.63) is 52.0 Å². The molecule has 25 heavy (non-hydrogen) atoms. The summed E-state index contributed by atoms with van der Waals surface area (Å²) >= 11 is 7.15. The Morgan fingerprint density at radius 2 is 1.96 bits per heavy atom. The number of aryl methyl sites for hydroxylation is 2. The summed E-state index contributed by atoms with van der Waals surface area (Å²) in [7, 11) is -4.07. The number of rotatable bonds is 4. The first-order chi connectivity index (χ1) is 11.7. The highest BCUT2D eigenvalue weighted by Gasteiger charge is 2.22. The zero-order valence-corrected chi connectivity index (χ0v) is 15.6. The normalized spacial score (nSPS) is 11.6. The largest absolute Gasteiger partial charge is 0.478 e. The van der Waals surface area contributed by atoms with Crippen LogP contribution in [0.25, 0.3) is 10.2 Å². The van der Waals surface area contributed by atoms with Crippen LogP contribution in [0.5, 0.6) is 0 Å². The van der Waals surface area contributed by atoms with Gasteiger partial charge in [0, 0.05) is 0 Å². The predicted molar refractivity (Wildman–Crippen MR) is 98.3 cm³/mol. The predicted octanol–water partition coefficient (Wildman–Crippen LogP) is 4.07. The molecular weight excluding hydrogens is 384 g/mol. The number of halogens is 1. The number of hydrogen-bond acceptors (Lipinski definition) is 5. The number of thiazole rings is 1. The fraction of sp³-hybridized carbons (Fsp3) is 0.125. The van der Waals surface area contributed by atoms with Crippen LogP contribution in [0.15, 0.2) is 35.2 Å². The fourth-order valence-electron chi connectivity index (χ4n) is 2.43. The Morgan fingerprint density at radius 3 is 2.64 bits per heavy atom. The molecule has 0 bridgehead atoms. The van der Waals surface area contributed by atoms with E-state index < -0.39 is 16.0 Å². The first-order valence-corrected chi connectivity index (χ1v) is 9.78. The third-order valence-corrected chi connectivity index (χ3v) is 6.39. The molecule has 1 aromatic heterocycles. The van der Waals surface area contributed by atoms with Crippen LogP contribution in [0.4, 0.5) is 5.13 Å². The molecule has 0 saturated heterocycles. The molecular formula is C16H13ClN2O4S2. The molecule has 0 fully saturated rings. The third kappa shape index (κ3) is 3.46. The Labute approximate surface area is 153 Å². The van der Waals surface area contributed by atoms with E-state index in [1.807, 2.05) is 26.0 Å². The third-order valence-electron chi connectivity index (χ3n) is 3.52. The maximum absolute atomic E-state index is 12.6. The number of anilines is 1. The van der Waals surface area contributed by atoms with Gasteiger partial charge < -0.3 is 5.11 Å². The van der Waals surface area contributed by atoms with Crippen molar-refractivity contribution in [2.24, 2.45) is 0 Å². The van der Waals surface area contributed by atoms with Crippen LogP contribution in [-0.4, -0.2) is 24.5 Å². The van der Waals surface area contributed by atoms with Crippen LogP contribution in [0.3, 0.4) is 0 Å². The number of benzene rings is 2. The second-order valence-corrected chi connectivity index (χ2v) is 8.59. The van der Waals surface area contributed by atoms with Gasteiger partial charge in [0.05, 0.1) is 20.8 Å². The van der Waals surface area contributed by atoms with Gasteiger partial charge in [-0.05, 0) is 49.2 Å². The molecule has 3 rings (SSSR count). The lowest BCUT2D eigenvalue weighted by Crippen LogP contribution is -2.14. The number of nitrogens with zero attached hydrogens (tertiary/aromatic N) is 1. The van der Waals surface area contributed by atoms with E-state index in [1.165, 1.54) is 23.5 Å². The van der Waals surface area contributed by atoms with Crippen molar-refractivity contribution in [1.29, 1.82) is 0 Å². The van der Waals surface area contributed by atoms with Gasteiger partial charge in [0.2, 0.25) is 0 Å². The minimum atomic E-state index is -4.07. The quantitative estimate of drug-likeness (QED) is 0.693. The molecule has 0 spiro atoms. The van der Waals surface area contributed by atoms with E-state index in [9.17, 15) is 13.2 Å². The number of nitrogens with one attached hydrogen (secondary N) is 1. The number of aromatic carboxylic acids is 1. The molecule has 130 valence electrons. The van der Waals surface area contributed by atoms with Gasteiger partial charge in [0.1, 0.15) is 4.90 Å². The molecule has 0 aliphatic rings. The van der Waals surface area contributed by atoms with Crippen LogP contribution < -0.4 is 4.72 Å². The Kier molecular flexibility index (Phi) is 4.44. The topological polar surface area (TPSA) is 96.4 Å². The first-order valence-electron chi connectivity index (χ1n) is 7.11. The van der Waals surface area contributed by atoms with Gasteiger partial charge in [-0.2, -0.15) is 0 Å². The van der Waals surface area contributed by atoms with Gasteiger partial charge in [0.15, 0.2) is 5.13 Å². The molecule has 2 aromatic carbocycles. The van der Waals surface area contributed by atoms with Crippen molar-refractivity contribution in [2.75, 3.05) is 4.72 Å². The highest BCUT2D eigenvalue weighted by molar-refractivity contribution is 7.93. The van der Waals surface area contributed by atoms with Gasteiger partial charge in [-0.3, -0.25) is 4.72 Å². The molecule has 0 aliphatic heterocycles. The van der Waals surface area contributed by atoms with Gasteiger partial charge >= 0.3 is 5.97 Å². The van der Waals surface area contributed by atoms with Crippen LogP contribution in [0, 0.1) is 13.8 Å². The van der Waals surface area contributed by atoms with E-state index >= 15 is 0 Å². The van der Waals surface area contributed by atoms with Crippen molar-refractivity contribution in [3.8, 4) is 0 Å². The van der Waals surface area contributed by atoms with Gasteiger partial charge in [-0.15, -0.1) is 0 Å². The summed E-state index contributed by atoms with van der Waals surface area (Å²) in [6.07, 6.45) is 0. The zero-order valence-electron chi connectivity index (χ0n) is 13.2. The number of hydrogen-bond donors (Lipinski definition) is 2. The minimum Gasteiger partial charge on any atom is -0.478 e. The monoisotopic (exact) mass is 396 g/mol. The van der Waals surface area contributed by atoms with Gasteiger partial charge in [-0.25, -0.2) is 18.2 Å². The number of carboxylic acid groups (broad SMARTS) is 1. The number of aromatic nitrogens is 1. The molecule has 0 aliphatic carbocycles. The van der Waals surface area contributed by atoms with Gasteiger partial charge in [0.25, 0.3) is 10.0 Å². The Balaban J connectivity index is 2.04. The van der Waals surface area contributed by atoms with E-state index in [-0.39, 0.29) is 20.6 Å². The van der Waals surface area contributed by atoms with Crippen LogP contribution in [0.1, 0.15) is 21.5 Å². The Hall–Kier alpha value is -2.16. The summed E-state index contributed by atoms with van der Waals surface area (Å²) in [6.45, 7) is 3.85. The highest BCUT2D eigenvalue weighted by Crippen LogP contribution is 2.32. The Morgan fingerprint density at radius 1 is 1.24 bits per heavy atom. The molecule has 0 amide bonds. The van der Waals surface area contributed by atoms with Gasteiger partial charge in [-0.1, -0.05) is 29.0 Å². The lowest BCUT2D eigenvalue weighted by Gasteiger charge is -2.07. The number of carbonyl (C=O) groups is 1. The van der Waals surface area contributed by atoms with E-state index in [1.54, 1.807) is 0 Å². The molecule has 3 aromatic rings. The smallest absolute Gasteiger partial charge is 0.335 e. The van der Waals surface area contributed by atoms with Crippen molar-refractivity contribution in [2.45, 2.75) is 18.7 Å². The summed E-state index contributed by atoms with van der Waals surface area (Å²) in [5.41, 5.74) is 2.56. The number of fused-ring (bicyclic) bond motifs is 1. The van der Waals surface area contributed by atoms with E-state index in [2.05, 4.69) is 9.71 Å². The van der Waals surface area contributed by atoms with Crippen molar-refractivity contribution in [3.63, 3.8) is 0 Å². The molecule has 9 heteroatoms. The average molecular weight is 397 g/mol. The second kappa shape index (κ2) is 6.29. The second-order valence-electron chi connectivity index (χ2n) is 5.50. The van der Waals surface area contributed by atoms with E-state index in [0.29, 0.717) is 0 Å². The SMILES string of the molecule is Cc1cc(C)c2nc(NS(=O)(=O)c3cc(C(=O)O)ccc3Cl)sc2c1. The Bertz CT molecular complexity index is 1110. The summed E-state index contributed by atoms with van der Waals surface area (Å²) in [5.74, 6) is -1.24. The van der Waals surface area contributed by atoms with Crippen LogP contribution >= 0.6 is 22.9 Å². The van der Waals surface area contributed by atoms with E-state index in [4.69, 9.17) is 16.7 Å². The summed E-state index contributed by atoms with van der Waals surface area (Å²) in [4.78, 5) is 15.1. The molecule has 6 nitrogen and oxygen atoms in total. The zero-order chi connectivity index (χ0) is 18.4. The number of carboxylic acids is 1. The minimum absolute atomic E-state index is 0.0642. The first kappa shape index (κ1) is 17.7. The summed E-state index contributed by atoms with van der Waals surface area (Å²) in [6, 6.07) is 7.40. The standard InChI is InChI=1S/C16H13ClN2O4S2/c1-8-5-9(2)14-12(6-8)24-16(18-14)19-25(22,23)13-7-10(15(20)21)3-4-11(13)17/h3-7H,1-2H3,(H,18,19)(H,20,21). The maximum atomic E-state index is 12.6. The van der Waals surface area contributed by atoms with Crippen molar-refractivity contribution >= 4 is 54.3 Å². The molecule has 0 radical (unpaired) electrons. The molecule has 0 atom stereocenters. The van der Waals surface area contributed by atoms with Crippen LogP contribution in [-0.2, 0) is 10.0 Å².